The molecule has 1 N–H and O–H groups in total. The summed E-state index contributed by atoms with van der Waals surface area (Å²) in [6.45, 7) is 4.77. The van der Waals surface area contributed by atoms with E-state index in [1.807, 2.05) is 68.5 Å². The van der Waals surface area contributed by atoms with Gasteiger partial charge in [-0.15, -0.1) is 0 Å². The molecular formula is C27H33N3O5. The van der Waals surface area contributed by atoms with Gasteiger partial charge in [-0.05, 0) is 11.5 Å². The molecule has 186 valence electrons. The summed E-state index contributed by atoms with van der Waals surface area (Å²) < 4.78 is 6.59. The van der Waals surface area contributed by atoms with Crippen molar-refractivity contribution in [1.82, 2.24) is 14.7 Å². The summed E-state index contributed by atoms with van der Waals surface area (Å²) >= 11 is 0. The predicted octanol–water partition coefficient (Wildman–Crippen LogP) is 1.21. The fraction of sp³-hybridized carbons (Fsp3) is 0.519. The summed E-state index contributed by atoms with van der Waals surface area (Å²) in [6, 6.07) is 8.19. The van der Waals surface area contributed by atoms with Crippen LogP contribution in [0.2, 0.25) is 0 Å². The van der Waals surface area contributed by atoms with E-state index in [1.54, 1.807) is 16.8 Å². The van der Waals surface area contributed by atoms with Crippen LogP contribution < -0.4 is 0 Å². The van der Waals surface area contributed by atoms with E-state index < -0.39 is 35.6 Å². The third-order valence-corrected chi connectivity index (χ3v) is 7.91. The van der Waals surface area contributed by atoms with Gasteiger partial charge in [0.1, 0.15) is 11.6 Å². The largest absolute Gasteiger partial charge is 0.394 e. The Labute approximate surface area is 205 Å². The van der Waals surface area contributed by atoms with Gasteiger partial charge in [0, 0.05) is 26.7 Å². The second-order valence-corrected chi connectivity index (χ2v) is 10.3. The molecule has 8 nitrogen and oxygen atoms in total. The van der Waals surface area contributed by atoms with Crippen molar-refractivity contribution in [3.63, 3.8) is 0 Å². The number of likely N-dealkylation sites (tertiary alicyclic amines) is 1. The lowest BCUT2D eigenvalue weighted by molar-refractivity contribution is -0.152. The molecule has 2 saturated heterocycles. The maximum absolute atomic E-state index is 14.2. The van der Waals surface area contributed by atoms with Crippen LogP contribution in [-0.2, 0) is 25.7 Å². The van der Waals surface area contributed by atoms with Crippen LogP contribution in [0, 0.1) is 17.8 Å². The topological polar surface area (TPSA) is 90.4 Å². The smallest absolute Gasteiger partial charge is 0.249 e. The van der Waals surface area contributed by atoms with E-state index >= 15 is 0 Å². The maximum atomic E-state index is 14.2. The number of nitrogens with zero attached hydrogens (tertiary/aromatic N) is 3. The quantitative estimate of drug-likeness (QED) is 0.642. The van der Waals surface area contributed by atoms with Gasteiger partial charge in [-0.25, -0.2) is 0 Å². The van der Waals surface area contributed by atoms with Crippen molar-refractivity contribution in [2.75, 3.05) is 26.7 Å². The monoisotopic (exact) mass is 479 g/mol. The SMILES string of the molecule is CC(C)[C@H](CO)N1C(=O)[C@@H]2[C@H]3C(=O)N(C)CC=C[C@H]3O[C@@]23C=CCN(Cc2ccccc2)C(=O)C13. The minimum Gasteiger partial charge on any atom is -0.394 e. The molecular weight excluding hydrogens is 446 g/mol. The van der Waals surface area contributed by atoms with Crippen LogP contribution in [0.5, 0.6) is 0 Å². The van der Waals surface area contributed by atoms with Gasteiger partial charge in [0.15, 0.2) is 0 Å². The van der Waals surface area contributed by atoms with Crippen molar-refractivity contribution in [2.45, 2.75) is 44.2 Å². The molecule has 0 radical (unpaired) electrons. The number of hydrogen-bond donors (Lipinski definition) is 1. The zero-order valence-electron chi connectivity index (χ0n) is 20.4. The third-order valence-electron chi connectivity index (χ3n) is 7.91. The molecule has 35 heavy (non-hydrogen) atoms. The van der Waals surface area contributed by atoms with Gasteiger partial charge < -0.3 is 24.5 Å². The van der Waals surface area contributed by atoms with Crippen molar-refractivity contribution >= 4 is 17.7 Å². The van der Waals surface area contributed by atoms with Crippen molar-refractivity contribution < 1.29 is 24.2 Å². The second kappa shape index (κ2) is 8.91. The normalized spacial score (nSPS) is 33.1. The van der Waals surface area contributed by atoms with E-state index in [0.717, 1.165) is 5.56 Å². The molecule has 4 aliphatic rings. The molecule has 1 aromatic rings. The van der Waals surface area contributed by atoms with Gasteiger partial charge in [-0.2, -0.15) is 0 Å². The van der Waals surface area contributed by atoms with Gasteiger partial charge >= 0.3 is 0 Å². The Bertz CT molecular complexity index is 1070. The highest BCUT2D eigenvalue weighted by Gasteiger charge is 2.72. The number of amides is 3. The van der Waals surface area contributed by atoms with Crippen LogP contribution >= 0.6 is 0 Å². The lowest BCUT2D eigenvalue weighted by Crippen LogP contribution is -2.59. The molecule has 0 aliphatic carbocycles. The van der Waals surface area contributed by atoms with Gasteiger partial charge in [0.2, 0.25) is 17.7 Å². The van der Waals surface area contributed by atoms with E-state index in [-0.39, 0.29) is 30.2 Å². The minimum absolute atomic E-state index is 0.0920. The van der Waals surface area contributed by atoms with Crippen LogP contribution in [0.15, 0.2) is 54.6 Å². The van der Waals surface area contributed by atoms with E-state index in [1.165, 1.54) is 4.90 Å². The van der Waals surface area contributed by atoms with Crippen molar-refractivity contribution in [3.8, 4) is 0 Å². The lowest BCUT2D eigenvalue weighted by Gasteiger charge is -2.39. The van der Waals surface area contributed by atoms with Gasteiger partial charge in [0.05, 0.1) is 30.6 Å². The number of carbonyl (C=O) groups excluding carboxylic acids is 3. The number of hydrogen-bond acceptors (Lipinski definition) is 5. The molecule has 3 amide bonds. The first-order valence-corrected chi connectivity index (χ1v) is 12.3. The summed E-state index contributed by atoms with van der Waals surface area (Å²) in [7, 11) is 1.72. The number of fused-ring (bicyclic) bond motifs is 2. The van der Waals surface area contributed by atoms with Crippen LogP contribution in [0.3, 0.4) is 0 Å². The molecule has 8 heteroatoms. The lowest BCUT2D eigenvalue weighted by atomic mass is 9.77. The molecule has 0 aromatic heterocycles. The molecule has 4 aliphatic heterocycles. The van der Waals surface area contributed by atoms with Crippen molar-refractivity contribution in [3.05, 3.63) is 60.2 Å². The number of carbonyl (C=O) groups is 3. The molecule has 0 saturated carbocycles. The van der Waals surface area contributed by atoms with Crippen LogP contribution in [0.4, 0.5) is 0 Å². The molecule has 4 heterocycles. The average Bonchev–Trinajstić information content (AvgIpc) is 3.16. The Balaban J connectivity index is 1.61. The zero-order chi connectivity index (χ0) is 24.9. The highest BCUT2D eigenvalue weighted by Crippen LogP contribution is 2.54. The standard InChI is InChI=1S/C27H33N3O5/c1-17(2)19(16-31)30-23-26(34)29(15-18-9-5-4-6-10-18)14-8-12-27(23)22(25(30)33)21-20(35-27)11-7-13-28(3)24(21)32/h4-12,17,19-23,31H,13-16H2,1-3H3/t19-,20+,21-,22-,23?,27-/m0/s1. The molecule has 0 bridgehead atoms. The first-order chi connectivity index (χ1) is 16.8. The van der Waals surface area contributed by atoms with Crippen molar-refractivity contribution in [2.24, 2.45) is 17.8 Å². The van der Waals surface area contributed by atoms with E-state index in [2.05, 4.69) is 0 Å². The molecule has 1 unspecified atom stereocenters. The Morgan fingerprint density at radius 2 is 1.80 bits per heavy atom. The van der Waals surface area contributed by atoms with Gasteiger partial charge in [0.25, 0.3) is 0 Å². The Morgan fingerprint density at radius 1 is 1.06 bits per heavy atom. The third kappa shape index (κ3) is 3.62. The molecule has 5 rings (SSSR count). The number of ether oxygens (including phenoxy) is 1. The van der Waals surface area contributed by atoms with Gasteiger partial charge in [-0.3, -0.25) is 14.4 Å². The fourth-order valence-corrected chi connectivity index (χ4v) is 6.17. The van der Waals surface area contributed by atoms with E-state index in [9.17, 15) is 19.5 Å². The van der Waals surface area contributed by atoms with Crippen LogP contribution in [-0.4, -0.2) is 88.1 Å². The highest BCUT2D eigenvalue weighted by atomic mass is 16.5. The summed E-state index contributed by atoms with van der Waals surface area (Å²) in [5.41, 5.74) is -0.285. The second-order valence-electron chi connectivity index (χ2n) is 10.3. The molecule has 2 fully saturated rings. The molecule has 6 atom stereocenters. The Hall–Kier alpha value is -2.97. The highest BCUT2D eigenvalue weighted by molar-refractivity contribution is 6.00. The van der Waals surface area contributed by atoms with E-state index in [0.29, 0.717) is 19.6 Å². The number of aliphatic hydroxyl groups is 1. The minimum atomic E-state index is -1.27. The first kappa shape index (κ1) is 23.8. The predicted molar refractivity (Wildman–Crippen MR) is 129 cm³/mol. The fourth-order valence-electron chi connectivity index (χ4n) is 6.17. The van der Waals surface area contributed by atoms with Crippen molar-refractivity contribution in [1.29, 1.82) is 0 Å². The zero-order valence-corrected chi connectivity index (χ0v) is 20.4. The van der Waals surface area contributed by atoms with Crippen LogP contribution in [0.1, 0.15) is 19.4 Å². The molecule has 1 spiro atoms. The number of rotatable bonds is 5. The van der Waals surface area contributed by atoms with E-state index in [4.69, 9.17) is 4.74 Å². The number of benzene rings is 1. The van der Waals surface area contributed by atoms with Crippen LogP contribution in [0.25, 0.3) is 0 Å². The van der Waals surface area contributed by atoms with Gasteiger partial charge in [-0.1, -0.05) is 68.5 Å². The molecule has 1 aromatic carbocycles. The number of likely N-dealkylation sites (N-methyl/N-ethyl adjacent to an activating group) is 1. The summed E-state index contributed by atoms with van der Waals surface area (Å²) in [5, 5.41) is 10.3. The first-order valence-electron chi connectivity index (χ1n) is 12.3. The summed E-state index contributed by atoms with van der Waals surface area (Å²) in [5.74, 6) is -2.33. The summed E-state index contributed by atoms with van der Waals surface area (Å²) in [4.78, 5) is 46.6. The average molecular weight is 480 g/mol. The number of aliphatic hydroxyl groups excluding tert-OH is 1. The maximum Gasteiger partial charge on any atom is 0.249 e. The Morgan fingerprint density at radius 3 is 2.49 bits per heavy atom. The Kier molecular flexibility index (Phi) is 6.05. The summed E-state index contributed by atoms with van der Waals surface area (Å²) in [6.07, 6.45) is 6.87.